The first-order valence-corrected chi connectivity index (χ1v) is 6.45. The number of nitrogen functional groups attached to an aromatic ring is 1. The Morgan fingerprint density at radius 2 is 1.89 bits per heavy atom. The molecule has 0 unspecified atom stereocenters. The van der Waals surface area contributed by atoms with Crippen molar-refractivity contribution in [1.29, 1.82) is 0 Å². The van der Waals surface area contributed by atoms with Gasteiger partial charge < -0.3 is 20.1 Å². The van der Waals surface area contributed by atoms with Gasteiger partial charge in [-0.25, -0.2) is 4.98 Å². The topological polar surface area (TPSA) is 60.6 Å². The summed E-state index contributed by atoms with van der Waals surface area (Å²) in [6, 6.07) is 3.86. The van der Waals surface area contributed by atoms with Gasteiger partial charge >= 0.3 is 0 Å². The van der Waals surface area contributed by atoms with Crippen molar-refractivity contribution in [2.45, 2.75) is 25.6 Å². The van der Waals surface area contributed by atoms with Crippen LogP contribution in [0.1, 0.15) is 18.5 Å². The van der Waals surface area contributed by atoms with Gasteiger partial charge in [0.05, 0.1) is 18.9 Å². The summed E-state index contributed by atoms with van der Waals surface area (Å²) in [5.41, 5.74) is 7.73. The van der Waals surface area contributed by atoms with Crippen LogP contribution in [0, 0.1) is 6.92 Å². The minimum atomic E-state index is -0.338. The van der Waals surface area contributed by atoms with E-state index in [-0.39, 0.29) is 5.79 Å². The smallest absolute Gasteiger partial charge is 0.171 e. The van der Waals surface area contributed by atoms with Crippen molar-refractivity contribution in [1.82, 2.24) is 4.98 Å². The van der Waals surface area contributed by atoms with Gasteiger partial charge in [-0.05, 0) is 19.1 Å². The highest BCUT2D eigenvalue weighted by molar-refractivity contribution is 5.63. The molecular weight excluding hydrogens is 230 g/mol. The molecule has 3 heterocycles. The van der Waals surface area contributed by atoms with Crippen LogP contribution in [-0.4, -0.2) is 37.1 Å². The van der Waals surface area contributed by atoms with Crippen LogP contribution in [0.15, 0.2) is 12.1 Å². The predicted octanol–water partition coefficient (Wildman–Crippen LogP) is 1.32. The molecule has 0 radical (unpaired) electrons. The fourth-order valence-corrected chi connectivity index (χ4v) is 2.65. The molecule has 1 spiro atoms. The van der Waals surface area contributed by atoms with Gasteiger partial charge in [-0.15, -0.1) is 0 Å². The van der Waals surface area contributed by atoms with Crippen LogP contribution in [-0.2, 0) is 9.47 Å². The maximum absolute atomic E-state index is 6.00. The standard InChI is InChI=1S/C13H19N3O2/c1-10-2-3-11(14)12(15-10)16-6-4-13(5-7-16)17-8-9-18-13/h2-3H,4-9,14H2,1H3. The van der Waals surface area contributed by atoms with Crippen molar-refractivity contribution < 1.29 is 9.47 Å². The quantitative estimate of drug-likeness (QED) is 0.813. The second-order valence-electron chi connectivity index (χ2n) is 4.96. The number of ether oxygens (including phenoxy) is 2. The lowest BCUT2D eigenvalue weighted by molar-refractivity contribution is -0.169. The molecule has 0 aliphatic carbocycles. The van der Waals surface area contributed by atoms with E-state index in [1.807, 2.05) is 19.1 Å². The van der Waals surface area contributed by atoms with Gasteiger partial charge in [0.1, 0.15) is 0 Å². The molecule has 2 aliphatic rings. The Bertz CT molecular complexity index is 434. The molecule has 2 saturated heterocycles. The van der Waals surface area contributed by atoms with Crippen LogP contribution >= 0.6 is 0 Å². The number of hydrogen-bond acceptors (Lipinski definition) is 5. The highest BCUT2D eigenvalue weighted by atomic mass is 16.7. The Balaban J connectivity index is 1.74. The first-order chi connectivity index (χ1) is 8.69. The van der Waals surface area contributed by atoms with Crippen LogP contribution in [0.3, 0.4) is 0 Å². The predicted molar refractivity (Wildman–Crippen MR) is 69.5 cm³/mol. The molecule has 2 aliphatic heterocycles. The van der Waals surface area contributed by atoms with Gasteiger partial charge in [0.15, 0.2) is 11.6 Å². The van der Waals surface area contributed by atoms with Crippen molar-refractivity contribution in [3.8, 4) is 0 Å². The molecule has 5 nitrogen and oxygen atoms in total. The molecule has 18 heavy (non-hydrogen) atoms. The average Bonchev–Trinajstić information content (AvgIpc) is 2.82. The summed E-state index contributed by atoms with van der Waals surface area (Å²) in [5.74, 6) is 0.553. The van der Waals surface area contributed by atoms with Crippen molar-refractivity contribution in [3.63, 3.8) is 0 Å². The number of hydrogen-bond donors (Lipinski definition) is 1. The van der Waals surface area contributed by atoms with E-state index in [9.17, 15) is 0 Å². The van der Waals surface area contributed by atoms with Crippen LogP contribution in [0.5, 0.6) is 0 Å². The molecule has 1 aromatic rings. The lowest BCUT2D eigenvalue weighted by atomic mass is 10.0. The normalized spacial score (nSPS) is 22.6. The van der Waals surface area contributed by atoms with E-state index >= 15 is 0 Å². The summed E-state index contributed by atoms with van der Waals surface area (Å²) in [6.45, 7) is 5.16. The molecule has 0 saturated carbocycles. The van der Waals surface area contributed by atoms with E-state index in [4.69, 9.17) is 15.2 Å². The van der Waals surface area contributed by atoms with Crippen LogP contribution in [0.25, 0.3) is 0 Å². The molecule has 1 aromatic heterocycles. The van der Waals surface area contributed by atoms with E-state index in [1.165, 1.54) is 0 Å². The van der Waals surface area contributed by atoms with Crippen molar-refractivity contribution in [2.75, 3.05) is 36.9 Å². The lowest BCUT2D eigenvalue weighted by Crippen LogP contribution is -2.45. The number of pyridine rings is 1. The maximum Gasteiger partial charge on any atom is 0.171 e. The third kappa shape index (κ3) is 2.04. The fraction of sp³-hybridized carbons (Fsp3) is 0.615. The summed E-state index contributed by atoms with van der Waals surface area (Å²) in [6.07, 6.45) is 1.75. The SMILES string of the molecule is Cc1ccc(N)c(N2CCC3(CC2)OCCO3)n1. The molecule has 0 amide bonds. The van der Waals surface area contributed by atoms with E-state index in [1.54, 1.807) is 0 Å². The molecule has 2 fully saturated rings. The highest BCUT2D eigenvalue weighted by Crippen LogP contribution is 2.34. The highest BCUT2D eigenvalue weighted by Gasteiger charge is 2.40. The van der Waals surface area contributed by atoms with Gasteiger partial charge in [-0.3, -0.25) is 0 Å². The summed E-state index contributed by atoms with van der Waals surface area (Å²) in [5, 5.41) is 0. The van der Waals surface area contributed by atoms with E-state index in [0.717, 1.165) is 43.1 Å². The number of anilines is 2. The Morgan fingerprint density at radius 1 is 1.22 bits per heavy atom. The summed E-state index contributed by atoms with van der Waals surface area (Å²) >= 11 is 0. The Kier molecular flexibility index (Phi) is 2.87. The number of nitrogens with two attached hydrogens (primary N) is 1. The average molecular weight is 249 g/mol. The number of aromatic nitrogens is 1. The molecule has 98 valence electrons. The fourth-order valence-electron chi connectivity index (χ4n) is 2.65. The zero-order chi connectivity index (χ0) is 12.6. The third-order valence-corrected chi connectivity index (χ3v) is 3.68. The molecule has 2 N–H and O–H groups in total. The molecule has 5 heteroatoms. The van der Waals surface area contributed by atoms with Gasteiger partial charge in [0, 0.05) is 31.6 Å². The number of nitrogens with zero attached hydrogens (tertiary/aromatic N) is 2. The molecular formula is C13H19N3O2. The third-order valence-electron chi connectivity index (χ3n) is 3.68. The van der Waals surface area contributed by atoms with Crippen LogP contribution < -0.4 is 10.6 Å². The van der Waals surface area contributed by atoms with Crippen LogP contribution in [0.4, 0.5) is 11.5 Å². The maximum atomic E-state index is 6.00. The Labute approximate surface area is 107 Å². The molecule has 3 rings (SSSR count). The van der Waals surface area contributed by atoms with Gasteiger partial charge in [0.25, 0.3) is 0 Å². The van der Waals surface area contributed by atoms with Gasteiger partial charge in [-0.2, -0.15) is 0 Å². The summed E-state index contributed by atoms with van der Waals surface area (Å²) in [7, 11) is 0. The zero-order valence-corrected chi connectivity index (χ0v) is 10.7. The molecule has 0 bridgehead atoms. The minimum absolute atomic E-state index is 0.338. The Morgan fingerprint density at radius 3 is 2.56 bits per heavy atom. The number of aryl methyl sites for hydroxylation is 1. The molecule has 0 aromatic carbocycles. The Hall–Kier alpha value is -1.33. The van der Waals surface area contributed by atoms with Crippen LogP contribution in [0.2, 0.25) is 0 Å². The first-order valence-electron chi connectivity index (χ1n) is 6.45. The van der Waals surface area contributed by atoms with Crippen molar-refractivity contribution in [3.05, 3.63) is 17.8 Å². The lowest BCUT2D eigenvalue weighted by Gasteiger charge is -2.38. The van der Waals surface area contributed by atoms with Gasteiger partial charge in [0.2, 0.25) is 0 Å². The summed E-state index contributed by atoms with van der Waals surface area (Å²) < 4.78 is 11.4. The van der Waals surface area contributed by atoms with Crippen molar-refractivity contribution in [2.24, 2.45) is 0 Å². The first kappa shape index (κ1) is 11.7. The second kappa shape index (κ2) is 4.40. The largest absolute Gasteiger partial charge is 0.396 e. The van der Waals surface area contributed by atoms with Crippen molar-refractivity contribution >= 4 is 11.5 Å². The summed E-state index contributed by atoms with van der Waals surface area (Å²) in [4.78, 5) is 6.75. The van der Waals surface area contributed by atoms with E-state index < -0.39 is 0 Å². The van der Waals surface area contributed by atoms with E-state index in [2.05, 4.69) is 9.88 Å². The van der Waals surface area contributed by atoms with E-state index in [0.29, 0.717) is 13.2 Å². The number of rotatable bonds is 1. The second-order valence-corrected chi connectivity index (χ2v) is 4.96. The number of piperidine rings is 1. The van der Waals surface area contributed by atoms with Gasteiger partial charge in [-0.1, -0.05) is 0 Å². The molecule has 0 atom stereocenters. The monoisotopic (exact) mass is 249 g/mol. The minimum Gasteiger partial charge on any atom is -0.396 e. The zero-order valence-electron chi connectivity index (χ0n) is 10.7.